The Morgan fingerprint density at radius 3 is 1.33 bits per heavy atom. The molecule has 6 heavy (non-hydrogen) atoms. The zero-order valence-corrected chi connectivity index (χ0v) is 6.44. The second kappa shape index (κ2) is 16.4. The highest BCUT2D eigenvalue weighted by Gasteiger charge is 1.43. The molecule has 0 fully saturated rings. The molecule has 0 aliphatic rings. The van der Waals surface area contributed by atoms with Crippen LogP contribution in [0.25, 0.3) is 0 Å². The van der Waals surface area contributed by atoms with Gasteiger partial charge >= 0.3 is 0 Å². The van der Waals surface area contributed by atoms with Gasteiger partial charge in [0.15, 0.2) is 0 Å². The Morgan fingerprint density at radius 2 is 1.33 bits per heavy atom. The number of hydrogen-bond acceptors (Lipinski definition) is 3. The Morgan fingerprint density at radius 1 is 1.33 bits per heavy atom. The molecule has 0 heterocycles. The number of halogens is 2. The summed E-state index contributed by atoms with van der Waals surface area (Å²) >= 11 is 7.92. The molecule has 0 atom stereocenters. The van der Waals surface area contributed by atoms with E-state index >= 15 is 0 Å². The Balaban J connectivity index is 0. The lowest BCUT2D eigenvalue weighted by Gasteiger charge is -1.40. The van der Waals surface area contributed by atoms with E-state index in [2.05, 4.69) is 45.8 Å². The van der Waals surface area contributed by atoms with Crippen LogP contribution in [0.15, 0.2) is 0 Å². The molecule has 0 aromatic rings. The molecule has 0 saturated heterocycles. The van der Waals surface area contributed by atoms with Crippen molar-refractivity contribution in [1.82, 2.24) is 0 Å². The first kappa shape index (κ1) is 10.2. The third kappa shape index (κ3) is 67.1. The predicted molar refractivity (Wildman–Crippen MR) is 39.5 cm³/mol. The van der Waals surface area contributed by atoms with Crippen LogP contribution in [-0.4, -0.2) is 4.31 Å². The van der Waals surface area contributed by atoms with Crippen molar-refractivity contribution in [3.05, 3.63) is 0 Å². The van der Waals surface area contributed by atoms with E-state index in [4.69, 9.17) is 0 Å². The maximum absolute atomic E-state index is 4.68. The summed E-state index contributed by atoms with van der Waals surface area (Å²) in [6.45, 7) is 0. The Labute approximate surface area is 60.2 Å². The van der Waals surface area contributed by atoms with Crippen LogP contribution < -0.4 is 0 Å². The van der Waals surface area contributed by atoms with Crippen LogP contribution in [0.4, 0.5) is 0 Å². The molecule has 0 nitrogen and oxygen atoms in total. The highest BCUT2D eigenvalue weighted by Crippen LogP contribution is 2.08. The van der Waals surface area contributed by atoms with Crippen molar-refractivity contribution >= 4 is 60.3 Å². The minimum Gasteiger partial charge on any atom is -0.0261 e. The van der Waals surface area contributed by atoms with Gasteiger partial charge in [-0.05, 0) is 45.8 Å². The predicted octanol–water partition coefficient (Wildman–Crippen LogP) is 3.05. The Bertz CT molecular complexity index is 38.1. The van der Waals surface area contributed by atoms with Gasteiger partial charge in [-0.15, -0.1) is 0 Å². The van der Waals surface area contributed by atoms with Crippen LogP contribution in [0.2, 0.25) is 0 Å². The smallest absolute Gasteiger partial charge is 0.0261 e. The fraction of sp³-hybridized carbons (Fsp3) is 0. The molecule has 0 amide bonds. The van der Waals surface area contributed by atoms with E-state index in [0.717, 1.165) is 0 Å². The highest BCUT2D eigenvalue weighted by atomic mass is 36.0. The number of rotatable bonds is 0. The zero-order valence-electron chi connectivity index (χ0n) is 2.48. The number of thiocarbonyl (C=S) groups is 2. The summed E-state index contributed by atoms with van der Waals surface area (Å²) in [4.78, 5) is 0. The molecular formula is CCl2S3. The number of hydrogen-bond donors (Lipinski definition) is 0. The van der Waals surface area contributed by atoms with Gasteiger partial charge < -0.3 is 0 Å². The summed E-state index contributed by atoms with van der Waals surface area (Å²) in [5.41, 5.74) is 0. The summed E-state index contributed by atoms with van der Waals surface area (Å²) in [7, 11) is 10.1. The largest absolute Gasteiger partial charge is 0.0523 e. The Hall–Kier alpha value is 1.15. The van der Waals surface area contributed by atoms with Gasteiger partial charge in [0.1, 0.15) is 0 Å². The normalized spacial score (nSPS) is 4.33. The summed E-state index contributed by atoms with van der Waals surface area (Å²) in [6, 6.07) is 0. The van der Waals surface area contributed by atoms with Gasteiger partial charge in [0.05, 0.1) is 10.2 Å². The third-order valence-corrected chi connectivity index (χ3v) is 0. The van der Waals surface area contributed by atoms with Crippen LogP contribution in [-0.2, 0) is 0 Å². The van der Waals surface area contributed by atoms with Gasteiger partial charge in [0, 0.05) is 4.31 Å². The summed E-state index contributed by atoms with van der Waals surface area (Å²) < 4.78 is 1.92. The molecule has 0 radical (unpaired) electrons. The van der Waals surface area contributed by atoms with E-state index in [0.29, 0.717) is 10.2 Å². The molecule has 0 bridgehead atoms. The summed E-state index contributed by atoms with van der Waals surface area (Å²) in [6.07, 6.45) is 0. The fourth-order valence-electron chi connectivity index (χ4n) is 0. The molecule has 0 aromatic carbocycles. The first-order valence-corrected chi connectivity index (χ1v) is 4.00. The van der Waals surface area contributed by atoms with Gasteiger partial charge in [0.2, 0.25) is 0 Å². The van der Waals surface area contributed by atoms with E-state index in [1.165, 1.54) is 0 Å². The lowest BCUT2D eigenvalue weighted by atomic mass is 12.0. The highest BCUT2D eigenvalue weighted by molar-refractivity contribution is 8.38. The lowest BCUT2D eigenvalue weighted by molar-refractivity contribution is 4.67. The first-order chi connectivity index (χ1) is 2.83. The minimum atomic E-state index is 0.694. The van der Waals surface area contributed by atoms with Gasteiger partial charge in [-0.2, -0.15) is 0 Å². The average molecular weight is 179 g/mol. The van der Waals surface area contributed by atoms with Crippen LogP contribution in [0.3, 0.4) is 0 Å². The van der Waals surface area contributed by atoms with E-state index < -0.39 is 0 Å². The second-order valence-electron chi connectivity index (χ2n) is 0.142. The van der Waals surface area contributed by atoms with Gasteiger partial charge in [-0.1, -0.05) is 0 Å². The van der Waals surface area contributed by atoms with Crippen molar-refractivity contribution in [2.24, 2.45) is 0 Å². The van der Waals surface area contributed by atoms with E-state index in [1.807, 2.05) is 4.31 Å². The van der Waals surface area contributed by atoms with E-state index in [-0.39, 0.29) is 0 Å². The zero-order chi connectivity index (χ0) is 5.41. The fourth-order valence-corrected chi connectivity index (χ4v) is 0. The molecule has 0 aliphatic carbocycles. The average Bonchev–Trinajstić information content (AvgIpc) is 1.39. The SMILES string of the molecule is ClSCl.S=C=S. The minimum absolute atomic E-state index is 0.694. The first-order valence-electron chi connectivity index (χ1n) is 0.717. The molecule has 0 unspecified atom stereocenters. The summed E-state index contributed by atoms with van der Waals surface area (Å²) in [5.74, 6) is 0. The van der Waals surface area contributed by atoms with Crippen molar-refractivity contribution in [3.63, 3.8) is 0 Å². The van der Waals surface area contributed by atoms with Crippen molar-refractivity contribution in [1.29, 1.82) is 0 Å². The van der Waals surface area contributed by atoms with E-state index in [1.54, 1.807) is 0 Å². The van der Waals surface area contributed by atoms with Gasteiger partial charge in [-0.3, -0.25) is 0 Å². The molecule has 0 aromatic heterocycles. The standard InChI is InChI=1S/CS2.Cl2S/c2-1-3;1-3-2. The molecular weight excluding hydrogens is 179 g/mol. The molecule has 5 heteroatoms. The third-order valence-electron chi connectivity index (χ3n) is 0. The van der Waals surface area contributed by atoms with Crippen LogP contribution in [0.5, 0.6) is 0 Å². The van der Waals surface area contributed by atoms with Crippen molar-refractivity contribution in [3.8, 4) is 0 Å². The molecule has 0 rings (SSSR count). The van der Waals surface area contributed by atoms with Crippen LogP contribution >= 0.6 is 56.0 Å². The van der Waals surface area contributed by atoms with Crippen molar-refractivity contribution < 1.29 is 0 Å². The van der Waals surface area contributed by atoms with Crippen molar-refractivity contribution in [2.75, 3.05) is 0 Å². The topological polar surface area (TPSA) is 0 Å². The second-order valence-corrected chi connectivity index (χ2v) is 2.32. The van der Waals surface area contributed by atoms with Gasteiger partial charge in [0.25, 0.3) is 0 Å². The van der Waals surface area contributed by atoms with Crippen LogP contribution in [0.1, 0.15) is 0 Å². The van der Waals surface area contributed by atoms with E-state index in [9.17, 15) is 0 Å². The molecule has 36 valence electrons. The molecule has 0 saturated carbocycles. The lowest BCUT2D eigenvalue weighted by Crippen LogP contribution is -0.917. The molecule has 0 aliphatic heterocycles. The van der Waals surface area contributed by atoms with Gasteiger partial charge in [-0.25, -0.2) is 0 Å². The van der Waals surface area contributed by atoms with Crippen LogP contribution in [0, 0.1) is 0 Å². The summed E-state index contributed by atoms with van der Waals surface area (Å²) in [5, 5.41) is 0. The Kier molecular flexibility index (Phi) is 27.9. The maximum Gasteiger partial charge on any atom is 0.0523 e. The quantitative estimate of drug-likeness (QED) is 0.524. The molecule has 0 N–H and O–H groups in total. The monoisotopic (exact) mass is 178 g/mol. The molecule has 0 spiro atoms. The maximum atomic E-state index is 4.68. The van der Waals surface area contributed by atoms with Crippen molar-refractivity contribution in [2.45, 2.75) is 0 Å².